The van der Waals surface area contributed by atoms with E-state index in [0.717, 1.165) is 22.9 Å². The van der Waals surface area contributed by atoms with Gasteiger partial charge < -0.3 is 9.47 Å². The summed E-state index contributed by atoms with van der Waals surface area (Å²) >= 11 is 3.69. The topological polar surface area (TPSA) is 54.0 Å². The fourth-order valence-electron chi connectivity index (χ4n) is 5.40. The van der Waals surface area contributed by atoms with E-state index in [0.29, 0.717) is 25.3 Å². The molecule has 1 saturated carbocycles. The second-order valence-corrected chi connectivity index (χ2v) is 12.6. The molecule has 1 N–H and O–H groups in total. The second kappa shape index (κ2) is 12.5. The molecule has 1 aliphatic carbocycles. The highest BCUT2D eigenvalue weighted by molar-refractivity contribution is 9.10. The van der Waals surface area contributed by atoms with Crippen LogP contribution in [0.15, 0.2) is 28.7 Å². The molecule has 3 rings (SSSR count). The van der Waals surface area contributed by atoms with Crippen molar-refractivity contribution >= 4 is 23.5 Å². The van der Waals surface area contributed by atoms with Gasteiger partial charge in [-0.2, -0.15) is 0 Å². The van der Waals surface area contributed by atoms with Gasteiger partial charge in [0.05, 0.1) is 0 Å². The van der Waals surface area contributed by atoms with Crippen LogP contribution in [0.5, 0.6) is 0 Å². The van der Waals surface area contributed by atoms with Crippen molar-refractivity contribution < 1.29 is 14.0 Å². The predicted octanol–water partition coefficient (Wildman–Crippen LogP) is 6.34. The minimum absolute atomic E-state index is 0.153. The van der Waals surface area contributed by atoms with E-state index in [1.54, 1.807) is 0 Å². The van der Waals surface area contributed by atoms with E-state index < -0.39 is 19.9 Å². The Balaban J connectivity index is 2.07. The average Bonchev–Trinajstić information content (AvgIpc) is 3.05. The standard InChI is InChI=1S/C26H41BrN3O3P/c1-7-32-26(33-8-2)18-17-23(21-13-9-10-14-22(21)27)28-34(31)29(19(3)4)24-15-11-12-16-25(24)30(34)20(5)6/h9-10,13-14,19-20,23-26H,7-8,11-12,15-16H2,1-6H3,(H,28,31)/t23-,24+,25+/m0/s1. The van der Waals surface area contributed by atoms with Crippen LogP contribution in [0, 0.1) is 11.8 Å². The van der Waals surface area contributed by atoms with Crippen LogP contribution >= 0.6 is 23.5 Å². The number of ether oxygens (including phenoxy) is 2. The smallest absolute Gasteiger partial charge is 0.286 e. The molecule has 1 saturated heterocycles. The molecule has 1 heterocycles. The summed E-state index contributed by atoms with van der Waals surface area (Å²) in [6.45, 7) is 13.5. The fourth-order valence-corrected chi connectivity index (χ4v) is 9.55. The van der Waals surface area contributed by atoms with Crippen molar-refractivity contribution in [3.8, 4) is 11.8 Å². The van der Waals surface area contributed by atoms with Crippen molar-refractivity contribution in [1.82, 2.24) is 14.4 Å². The number of benzene rings is 1. The summed E-state index contributed by atoms with van der Waals surface area (Å²) in [5.41, 5.74) is 0.958. The van der Waals surface area contributed by atoms with Crippen LogP contribution < -0.4 is 5.09 Å². The highest BCUT2D eigenvalue weighted by Gasteiger charge is 2.57. The highest BCUT2D eigenvalue weighted by Crippen LogP contribution is 2.63. The van der Waals surface area contributed by atoms with E-state index in [-0.39, 0.29) is 12.1 Å². The zero-order chi connectivity index (χ0) is 24.9. The largest absolute Gasteiger partial charge is 0.342 e. The Morgan fingerprint density at radius 3 is 2.00 bits per heavy atom. The summed E-state index contributed by atoms with van der Waals surface area (Å²) in [6, 6.07) is 8.44. The van der Waals surface area contributed by atoms with Crippen LogP contribution in [0.25, 0.3) is 0 Å². The van der Waals surface area contributed by atoms with E-state index in [4.69, 9.17) is 9.47 Å². The summed E-state index contributed by atoms with van der Waals surface area (Å²) in [7, 11) is -3.13. The van der Waals surface area contributed by atoms with Gasteiger partial charge in [0.25, 0.3) is 7.59 Å². The van der Waals surface area contributed by atoms with Crippen LogP contribution in [-0.2, 0) is 14.0 Å². The lowest BCUT2D eigenvalue weighted by atomic mass is 9.89. The van der Waals surface area contributed by atoms with Crippen LogP contribution in [-0.4, -0.2) is 53.0 Å². The number of halogens is 1. The number of hydrogen-bond donors (Lipinski definition) is 1. The number of rotatable bonds is 9. The number of hydrogen-bond acceptors (Lipinski definition) is 3. The molecule has 0 unspecified atom stereocenters. The van der Waals surface area contributed by atoms with Crippen molar-refractivity contribution in [3.63, 3.8) is 0 Å². The third kappa shape index (κ3) is 5.98. The molecule has 190 valence electrons. The Kier molecular flexibility index (Phi) is 10.2. The lowest BCUT2D eigenvalue weighted by Crippen LogP contribution is -2.43. The van der Waals surface area contributed by atoms with Crippen LogP contribution in [0.2, 0.25) is 0 Å². The van der Waals surface area contributed by atoms with Gasteiger partial charge in [-0.1, -0.05) is 52.9 Å². The number of fused-ring (bicyclic) bond motifs is 1. The molecular weight excluding hydrogens is 513 g/mol. The minimum atomic E-state index is -3.13. The van der Waals surface area contributed by atoms with E-state index in [1.807, 2.05) is 38.1 Å². The summed E-state index contributed by atoms with van der Waals surface area (Å²) in [5.74, 6) is 6.49. The Morgan fingerprint density at radius 2 is 1.53 bits per heavy atom. The Labute approximate surface area is 214 Å². The molecule has 1 aromatic rings. The molecule has 1 aromatic carbocycles. The normalized spacial score (nSPS) is 23.8. The van der Waals surface area contributed by atoms with Crippen molar-refractivity contribution in [2.75, 3.05) is 13.2 Å². The summed E-state index contributed by atoms with van der Waals surface area (Å²) in [5, 5.41) is 3.60. The van der Waals surface area contributed by atoms with Gasteiger partial charge >= 0.3 is 0 Å². The van der Waals surface area contributed by atoms with Gasteiger partial charge in [0, 0.05) is 41.9 Å². The molecule has 2 fully saturated rings. The van der Waals surface area contributed by atoms with Gasteiger partial charge in [0.2, 0.25) is 6.29 Å². The van der Waals surface area contributed by atoms with Gasteiger partial charge in [0.15, 0.2) is 0 Å². The Bertz CT molecular complexity index is 882. The monoisotopic (exact) mass is 553 g/mol. The first-order valence-corrected chi connectivity index (χ1v) is 15.1. The quantitative estimate of drug-likeness (QED) is 0.219. The SMILES string of the molecule is CCOC(C#C[C@H](NP1(=O)N(C(C)C)[C@@H]2CCCC[C@H]2N1C(C)C)c1ccccc1Br)OCC. The lowest BCUT2D eigenvalue weighted by Gasteiger charge is -2.38. The van der Waals surface area contributed by atoms with Crippen molar-refractivity contribution in [2.24, 2.45) is 0 Å². The third-order valence-corrected chi connectivity index (χ3v) is 10.6. The van der Waals surface area contributed by atoms with Crippen molar-refractivity contribution in [3.05, 3.63) is 34.3 Å². The zero-order valence-electron chi connectivity index (χ0n) is 21.5. The third-order valence-electron chi connectivity index (χ3n) is 6.55. The molecule has 1 aliphatic heterocycles. The molecule has 0 spiro atoms. The molecule has 3 atom stereocenters. The van der Waals surface area contributed by atoms with Gasteiger partial charge in [-0.15, -0.1) is 0 Å². The van der Waals surface area contributed by atoms with Gasteiger partial charge in [0.1, 0.15) is 6.04 Å². The van der Waals surface area contributed by atoms with E-state index >= 15 is 4.57 Å². The summed E-state index contributed by atoms with van der Waals surface area (Å²) in [6.07, 6.45) is 3.93. The van der Waals surface area contributed by atoms with Crippen LogP contribution in [0.4, 0.5) is 0 Å². The second-order valence-electron chi connectivity index (χ2n) is 9.53. The Hall–Kier alpha value is -0.710. The molecule has 8 heteroatoms. The molecule has 6 nitrogen and oxygen atoms in total. The zero-order valence-corrected chi connectivity index (χ0v) is 23.9. The first-order chi connectivity index (χ1) is 16.2. The van der Waals surface area contributed by atoms with Crippen LogP contribution in [0.3, 0.4) is 0 Å². The number of nitrogens with one attached hydrogen (secondary N) is 1. The lowest BCUT2D eigenvalue weighted by molar-refractivity contribution is -0.0970. The average molecular weight is 555 g/mol. The maximum Gasteiger partial charge on any atom is 0.286 e. The minimum Gasteiger partial charge on any atom is -0.342 e. The van der Waals surface area contributed by atoms with Gasteiger partial charge in [-0.3, -0.25) is 4.57 Å². The van der Waals surface area contributed by atoms with Gasteiger partial charge in [-0.25, -0.2) is 14.4 Å². The predicted molar refractivity (Wildman–Crippen MR) is 142 cm³/mol. The van der Waals surface area contributed by atoms with E-state index in [9.17, 15) is 0 Å². The molecule has 0 radical (unpaired) electrons. The molecular formula is C26H41BrN3O3P. The van der Waals surface area contributed by atoms with Crippen molar-refractivity contribution in [2.45, 2.75) is 104 Å². The molecule has 34 heavy (non-hydrogen) atoms. The molecule has 0 bridgehead atoms. The summed E-state index contributed by atoms with van der Waals surface area (Å²) < 4.78 is 31.9. The maximum absolute atomic E-state index is 15.1. The first-order valence-electron chi connectivity index (χ1n) is 12.7. The van der Waals surface area contributed by atoms with Crippen molar-refractivity contribution in [1.29, 1.82) is 0 Å². The molecule has 2 aliphatic rings. The fraction of sp³-hybridized carbons (Fsp3) is 0.692. The van der Waals surface area contributed by atoms with Crippen LogP contribution in [0.1, 0.15) is 78.8 Å². The molecule has 0 aromatic heterocycles. The Morgan fingerprint density at radius 1 is 1.00 bits per heavy atom. The maximum atomic E-state index is 15.1. The summed E-state index contributed by atoms with van der Waals surface area (Å²) in [4.78, 5) is 0. The number of nitrogens with zero attached hydrogens (tertiary/aromatic N) is 2. The highest BCUT2D eigenvalue weighted by atomic mass is 79.9. The van der Waals surface area contributed by atoms with E-state index in [1.165, 1.54) is 12.8 Å². The van der Waals surface area contributed by atoms with Gasteiger partial charge in [-0.05, 0) is 71.9 Å². The van der Waals surface area contributed by atoms with E-state index in [2.05, 4.69) is 69.9 Å². The molecule has 0 amide bonds. The first kappa shape index (κ1) is 27.9.